The smallest absolute Gasteiger partial charge is 0.259 e. The molecule has 6 heteroatoms. The zero-order valence-electron chi connectivity index (χ0n) is 14.8. The molecule has 0 bridgehead atoms. The Kier molecular flexibility index (Phi) is 6.90. The lowest BCUT2D eigenvalue weighted by Crippen LogP contribution is -2.41. The number of amides is 1. The molecular weight excluding hydrogens is 304 g/mol. The van der Waals surface area contributed by atoms with Gasteiger partial charge in [0.15, 0.2) is 12.6 Å². The van der Waals surface area contributed by atoms with Crippen LogP contribution in [0.15, 0.2) is 29.3 Å². The topological polar surface area (TPSA) is 66.0 Å². The summed E-state index contributed by atoms with van der Waals surface area (Å²) in [5, 5.41) is 6.79. The number of rotatable bonds is 6. The van der Waals surface area contributed by atoms with Gasteiger partial charge >= 0.3 is 0 Å². The molecule has 1 amide bonds. The Morgan fingerprint density at radius 1 is 1.33 bits per heavy atom. The van der Waals surface area contributed by atoms with Crippen molar-refractivity contribution in [3.05, 3.63) is 29.8 Å². The number of hydrogen-bond donors (Lipinski definition) is 2. The molecule has 132 valence electrons. The molecule has 1 aliphatic carbocycles. The van der Waals surface area contributed by atoms with Gasteiger partial charge in [-0.15, -0.1) is 0 Å². The van der Waals surface area contributed by atoms with Crippen LogP contribution in [0.25, 0.3) is 0 Å². The number of hydrogen-bond acceptors (Lipinski definition) is 3. The summed E-state index contributed by atoms with van der Waals surface area (Å²) in [7, 11) is 5.22. The Balaban J connectivity index is 1.83. The minimum absolute atomic E-state index is 0.0504. The maximum atomic E-state index is 11.6. The third-order valence-electron chi connectivity index (χ3n) is 4.14. The number of aliphatic imine (C=N–C) groups is 1. The Labute approximate surface area is 144 Å². The quantitative estimate of drug-likeness (QED) is 0.615. The average molecular weight is 332 g/mol. The van der Waals surface area contributed by atoms with Gasteiger partial charge in [-0.25, -0.2) is 0 Å². The standard InChI is InChI=1S/C18H28N4O2/c1-19-18(21-15-8-4-5-9-15)20-12-14-7-6-10-16(11-14)24-13-17(23)22(2)3/h6-7,10-11,15H,4-5,8-9,12-13H2,1-3H3,(H2,19,20,21). The number of ether oxygens (including phenoxy) is 1. The van der Waals surface area contributed by atoms with Gasteiger partial charge in [0.05, 0.1) is 0 Å². The summed E-state index contributed by atoms with van der Waals surface area (Å²) in [5.41, 5.74) is 1.08. The van der Waals surface area contributed by atoms with E-state index in [2.05, 4.69) is 15.6 Å². The number of nitrogens with zero attached hydrogens (tertiary/aromatic N) is 2. The largest absolute Gasteiger partial charge is 0.484 e. The van der Waals surface area contributed by atoms with E-state index in [-0.39, 0.29) is 12.5 Å². The van der Waals surface area contributed by atoms with Gasteiger partial charge < -0.3 is 20.3 Å². The second-order valence-corrected chi connectivity index (χ2v) is 6.28. The number of carbonyl (C=O) groups excluding carboxylic acids is 1. The SMILES string of the molecule is CN=C(NCc1cccc(OCC(=O)N(C)C)c1)NC1CCCC1. The molecule has 1 saturated carbocycles. The fourth-order valence-electron chi connectivity index (χ4n) is 2.66. The first kappa shape index (κ1) is 18.1. The van der Waals surface area contributed by atoms with E-state index in [1.165, 1.54) is 30.6 Å². The van der Waals surface area contributed by atoms with Crippen molar-refractivity contribution in [2.24, 2.45) is 4.99 Å². The highest BCUT2D eigenvalue weighted by Gasteiger charge is 2.15. The molecule has 0 unspecified atom stereocenters. The maximum Gasteiger partial charge on any atom is 0.259 e. The van der Waals surface area contributed by atoms with Gasteiger partial charge in [-0.05, 0) is 30.5 Å². The van der Waals surface area contributed by atoms with Crippen LogP contribution in [-0.4, -0.2) is 50.6 Å². The Hall–Kier alpha value is -2.24. The predicted octanol–water partition coefficient (Wildman–Crippen LogP) is 1.76. The van der Waals surface area contributed by atoms with E-state index < -0.39 is 0 Å². The van der Waals surface area contributed by atoms with Gasteiger partial charge in [0.2, 0.25) is 0 Å². The van der Waals surface area contributed by atoms with Gasteiger partial charge in [0.1, 0.15) is 5.75 Å². The lowest BCUT2D eigenvalue weighted by molar-refractivity contribution is -0.130. The van der Waals surface area contributed by atoms with E-state index in [0.29, 0.717) is 18.3 Å². The summed E-state index contributed by atoms with van der Waals surface area (Å²) in [6.07, 6.45) is 5.01. The van der Waals surface area contributed by atoms with Crippen molar-refractivity contribution in [1.29, 1.82) is 0 Å². The molecule has 1 aromatic rings. The Morgan fingerprint density at radius 2 is 2.08 bits per heavy atom. The molecule has 0 spiro atoms. The highest BCUT2D eigenvalue weighted by molar-refractivity contribution is 5.80. The summed E-state index contributed by atoms with van der Waals surface area (Å²) in [6, 6.07) is 8.29. The molecular formula is C18H28N4O2. The van der Waals surface area contributed by atoms with E-state index in [9.17, 15) is 4.79 Å². The van der Waals surface area contributed by atoms with Gasteiger partial charge in [-0.1, -0.05) is 25.0 Å². The van der Waals surface area contributed by atoms with Gasteiger partial charge in [-0.2, -0.15) is 0 Å². The second-order valence-electron chi connectivity index (χ2n) is 6.28. The monoisotopic (exact) mass is 332 g/mol. The fraction of sp³-hybridized carbons (Fsp3) is 0.556. The third-order valence-corrected chi connectivity index (χ3v) is 4.14. The van der Waals surface area contributed by atoms with Crippen molar-refractivity contribution in [2.45, 2.75) is 38.3 Å². The first-order valence-electron chi connectivity index (χ1n) is 8.47. The second kappa shape index (κ2) is 9.15. The summed E-state index contributed by atoms with van der Waals surface area (Å²) >= 11 is 0. The molecule has 1 aromatic carbocycles. The molecule has 0 radical (unpaired) electrons. The normalized spacial score (nSPS) is 15.2. The van der Waals surface area contributed by atoms with E-state index in [0.717, 1.165) is 11.5 Å². The van der Waals surface area contributed by atoms with Crippen LogP contribution >= 0.6 is 0 Å². The number of guanidine groups is 1. The van der Waals surface area contributed by atoms with Crippen LogP contribution in [0.3, 0.4) is 0 Å². The lowest BCUT2D eigenvalue weighted by Gasteiger charge is -2.17. The molecule has 0 atom stereocenters. The van der Waals surface area contributed by atoms with Gasteiger partial charge in [0.25, 0.3) is 5.91 Å². The summed E-state index contributed by atoms with van der Waals surface area (Å²) in [6.45, 7) is 0.708. The number of nitrogens with one attached hydrogen (secondary N) is 2. The van der Waals surface area contributed by atoms with Crippen LogP contribution in [0.2, 0.25) is 0 Å². The zero-order chi connectivity index (χ0) is 17.4. The molecule has 0 aromatic heterocycles. The van der Waals surface area contributed by atoms with Crippen LogP contribution in [0.4, 0.5) is 0 Å². The molecule has 2 rings (SSSR count). The van der Waals surface area contributed by atoms with Crippen molar-refractivity contribution in [2.75, 3.05) is 27.7 Å². The van der Waals surface area contributed by atoms with Crippen LogP contribution < -0.4 is 15.4 Å². The summed E-state index contributed by atoms with van der Waals surface area (Å²) in [4.78, 5) is 17.4. The zero-order valence-corrected chi connectivity index (χ0v) is 14.8. The molecule has 0 heterocycles. The molecule has 0 aliphatic heterocycles. The summed E-state index contributed by atoms with van der Waals surface area (Å²) < 4.78 is 5.55. The molecule has 2 N–H and O–H groups in total. The van der Waals surface area contributed by atoms with Crippen molar-refractivity contribution in [1.82, 2.24) is 15.5 Å². The number of benzene rings is 1. The van der Waals surface area contributed by atoms with Crippen LogP contribution in [0.5, 0.6) is 5.75 Å². The Morgan fingerprint density at radius 3 is 2.75 bits per heavy atom. The van der Waals surface area contributed by atoms with Crippen molar-refractivity contribution in [3.8, 4) is 5.75 Å². The number of carbonyl (C=O) groups is 1. The predicted molar refractivity (Wildman–Crippen MR) is 96.2 cm³/mol. The van der Waals surface area contributed by atoms with Crippen LogP contribution in [0, 0.1) is 0 Å². The highest BCUT2D eigenvalue weighted by atomic mass is 16.5. The summed E-state index contributed by atoms with van der Waals surface area (Å²) in [5.74, 6) is 1.47. The minimum Gasteiger partial charge on any atom is -0.484 e. The van der Waals surface area contributed by atoms with E-state index in [1.54, 1.807) is 21.1 Å². The van der Waals surface area contributed by atoms with Crippen LogP contribution in [-0.2, 0) is 11.3 Å². The molecule has 24 heavy (non-hydrogen) atoms. The fourth-order valence-corrected chi connectivity index (χ4v) is 2.66. The van der Waals surface area contributed by atoms with Crippen molar-refractivity contribution < 1.29 is 9.53 Å². The first-order chi connectivity index (χ1) is 11.6. The van der Waals surface area contributed by atoms with Gasteiger partial charge in [0, 0.05) is 33.7 Å². The molecule has 0 saturated heterocycles. The third kappa shape index (κ3) is 5.76. The Bertz CT molecular complexity index is 566. The van der Waals surface area contributed by atoms with E-state index in [1.807, 2.05) is 24.3 Å². The van der Waals surface area contributed by atoms with Crippen molar-refractivity contribution in [3.63, 3.8) is 0 Å². The van der Waals surface area contributed by atoms with E-state index >= 15 is 0 Å². The minimum atomic E-state index is -0.0558. The first-order valence-corrected chi connectivity index (χ1v) is 8.47. The van der Waals surface area contributed by atoms with Crippen molar-refractivity contribution >= 4 is 11.9 Å². The number of likely N-dealkylation sites (N-methyl/N-ethyl adjacent to an activating group) is 1. The molecule has 6 nitrogen and oxygen atoms in total. The lowest BCUT2D eigenvalue weighted by atomic mass is 10.2. The van der Waals surface area contributed by atoms with Gasteiger partial charge in [-0.3, -0.25) is 9.79 Å². The molecule has 1 aliphatic rings. The molecule has 1 fully saturated rings. The average Bonchev–Trinajstić information content (AvgIpc) is 3.09. The van der Waals surface area contributed by atoms with Crippen LogP contribution in [0.1, 0.15) is 31.2 Å². The highest BCUT2D eigenvalue weighted by Crippen LogP contribution is 2.17. The van der Waals surface area contributed by atoms with E-state index in [4.69, 9.17) is 4.74 Å². The maximum absolute atomic E-state index is 11.6.